The number of aryl methyl sites for hydroxylation is 1. The number of amides is 2. The summed E-state index contributed by atoms with van der Waals surface area (Å²) >= 11 is 6.06. The molecule has 1 heterocycles. The average Bonchev–Trinajstić information content (AvgIpc) is 2.70. The summed E-state index contributed by atoms with van der Waals surface area (Å²) in [7, 11) is 0. The van der Waals surface area contributed by atoms with E-state index in [0.29, 0.717) is 36.9 Å². The lowest BCUT2D eigenvalue weighted by Gasteiger charge is -2.36. The highest BCUT2D eigenvalue weighted by Gasteiger charge is 2.21. The van der Waals surface area contributed by atoms with Gasteiger partial charge in [-0.25, -0.2) is 4.39 Å². The van der Waals surface area contributed by atoms with Crippen LogP contribution in [0, 0.1) is 12.7 Å². The van der Waals surface area contributed by atoms with Gasteiger partial charge in [-0.1, -0.05) is 17.7 Å². The number of carbonyl (C=O) groups excluding carboxylic acids is 2. The fourth-order valence-electron chi connectivity index (χ4n) is 3.14. The summed E-state index contributed by atoms with van der Waals surface area (Å²) in [6, 6.07) is 11.7. The van der Waals surface area contributed by atoms with E-state index in [9.17, 15) is 14.0 Å². The third-order valence-electron chi connectivity index (χ3n) is 4.85. The molecule has 0 bridgehead atoms. The number of rotatable bonds is 5. The zero-order valence-electron chi connectivity index (χ0n) is 15.8. The molecule has 1 aliphatic rings. The Bertz CT molecular complexity index is 849. The molecule has 1 aliphatic heterocycles. The minimum atomic E-state index is -0.260. The summed E-state index contributed by atoms with van der Waals surface area (Å²) in [5.74, 6) is -0.502. The molecule has 1 N–H and O–H groups in total. The van der Waals surface area contributed by atoms with Gasteiger partial charge < -0.3 is 15.1 Å². The van der Waals surface area contributed by atoms with E-state index in [4.69, 9.17) is 11.6 Å². The third-order valence-corrected chi connectivity index (χ3v) is 5.25. The Morgan fingerprint density at radius 1 is 1.04 bits per heavy atom. The van der Waals surface area contributed by atoms with Gasteiger partial charge in [0.15, 0.2) is 0 Å². The van der Waals surface area contributed by atoms with Crippen molar-refractivity contribution in [2.45, 2.75) is 19.8 Å². The summed E-state index contributed by atoms with van der Waals surface area (Å²) in [5.41, 5.74) is 2.51. The second-order valence-electron chi connectivity index (χ2n) is 6.86. The number of nitrogens with zero attached hydrogens (tertiary/aromatic N) is 2. The molecule has 0 spiro atoms. The minimum absolute atomic E-state index is 0.0316. The van der Waals surface area contributed by atoms with Gasteiger partial charge in [-0.3, -0.25) is 9.59 Å². The minimum Gasteiger partial charge on any atom is -0.368 e. The van der Waals surface area contributed by atoms with Gasteiger partial charge in [0, 0.05) is 55.4 Å². The van der Waals surface area contributed by atoms with Crippen LogP contribution in [0.3, 0.4) is 0 Å². The second kappa shape index (κ2) is 9.06. The zero-order valence-corrected chi connectivity index (χ0v) is 16.5. The quantitative estimate of drug-likeness (QED) is 0.824. The lowest BCUT2D eigenvalue weighted by atomic mass is 10.2. The molecule has 3 rings (SSSR count). The van der Waals surface area contributed by atoms with Crippen LogP contribution in [0.25, 0.3) is 0 Å². The Morgan fingerprint density at radius 2 is 1.71 bits per heavy atom. The van der Waals surface area contributed by atoms with E-state index >= 15 is 0 Å². The SMILES string of the molecule is Cc1ccc(NC(=O)CCC(=O)N2CCN(c3ccc(F)cc3)CC2)cc1Cl. The van der Waals surface area contributed by atoms with Crippen LogP contribution >= 0.6 is 11.6 Å². The molecule has 28 heavy (non-hydrogen) atoms. The molecule has 1 fully saturated rings. The summed E-state index contributed by atoms with van der Waals surface area (Å²) in [4.78, 5) is 28.4. The number of piperazine rings is 1. The van der Waals surface area contributed by atoms with Crippen molar-refractivity contribution in [2.24, 2.45) is 0 Å². The third kappa shape index (κ3) is 5.23. The molecule has 0 atom stereocenters. The second-order valence-corrected chi connectivity index (χ2v) is 7.26. The van der Waals surface area contributed by atoms with Crippen LogP contribution in [0.15, 0.2) is 42.5 Å². The first-order valence-electron chi connectivity index (χ1n) is 9.26. The van der Waals surface area contributed by atoms with Crippen molar-refractivity contribution >= 4 is 34.8 Å². The molecule has 0 unspecified atom stereocenters. The van der Waals surface area contributed by atoms with Crippen LogP contribution in [-0.2, 0) is 9.59 Å². The maximum Gasteiger partial charge on any atom is 0.224 e. The number of benzene rings is 2. The van der Waals surface area contributed by atoms with Gasteiger partial charge in [0.2, 0.25) is 11.8 Å². The smallest absolute Gasteiger partial charge is 0.224 e. The van der Waals surface area contributed by atoms with Crippen molar-refractivity contribution in [3.8, 4) is 0 Å². The van der Waals surface area contributed by atoms with E-state index in [2.05, 4.69) is 10.2 Å². The highest BCUT2D eigenvalue weighted by molar-refractivity contribution is 6.31. The predicted octanol–water partition coefficient (Wildman–Crippen LogP) is 3.86. The molecule has 5 nitrogen and oxygen atoms in total. The number of halogens is 2. The van der Waals surface area contributed by atoms with Gasteiger partial charge >= 0.3 is 0 Å². The van der Waals surface area contributed by atoms with Crippen LogP contribution in [-0.4, -0.2) is 42.9 Å². The van der Waals surface area contributed by atoms with Crippen LogP contribution in [0.2, 0.25) is 5.02 Å². The van der Waals surface area contributed by atoms with Gasteiger partial charge in [0.1, 0.15) is 5.82 Å². The lowest BCUT2D eigenvalue weighted by molar-refractivity contribution is -0.133. The predicted molar refractivity (Wildman–Crippen MR) is 109 cm³/mol. The Morgan fingerprint density at radius 3 is 2.36 bits per heavy atom. The van der Waals surface area contributed by atoms with Crippen molar-refractivity contribution in [1.82, 2.24) is 4.90 Å². The zero-order chi connectivity index (χ0) is 20.1. The molecular weight excluding hydrogens is 381 g/mol. The van der Waals surface area contributed by atoms with Gasteiger partial charge in [-0.05, 0) is 48.9 Å². The molecule has 1 saturated heterocycles. The molecule has 0 aromatic heterocycles. The number of nitrogens with one attached hydrogen (secondary N) is 1. The maximum atomic E-state index is 13.0. The fourth-order valence-corrected chi connectivity index (χ4v) is 3.32. The average molecular weight is 404 g/mol. The molecule has 0 radical (unpaired) electrons. The van der Waals surface area contributed by atoms with Crippen molar-refractivity contribution in [1.29, 1.82) is 0 Å². The van der Waals surface area contributed by atoms with Crippen molar-refractivity contribution in [3.63, 3.8) is 0 Å². The monoisotopic (exact) mass is 403 g/mol. The number of hydrogen-bond acceptors (Lipinski definition) is 3. The highest BCUT2D eigenvalue weighted by Crippen LogP contribution is 2.20. The van der Waals surface area contributed by atoms with Crippen molar-refractivity contribution < 1.29 is 14.0 Å². The first-order chi connectivity index (χ1) is 13.4. The highest BCUT2D eigenvalue weighted by atomic mass is 35.5. The molecule has 0 saturated carbocycles. The Kier molecular flexibility index (Phi) is 6.52. The molecule has 2 amide bonds. The number of hydrogen-bond donors (Lipinski definition) is 1. The van der Waals surface area contributed by atoms with Gasteiger partial charge in [-0.2, -0.15) is 0 Å². The summed E-state index contributed by atoms with van der Waals surface area (Å²) < 4.78 is 13.0. The largest absolute Gasteiger partial charge is 0.368 e. The van der Waals surface area contributed by atoms with E-state index in [1.165, 1.54) is 12.1 Å². The Balaban J connectivity index is 1.43. The van der Waals surface area contributed by atoms with Crippen LogP contribution < -0.4 is 10.2 Å². The van der Waals surface area contributed by atoms with Crippen LogP contribution in [0.5, 0.6) is 0 Å². The molecular formula is C21H23ClFN3O2. The normalized spacial score (nSPS) is 14.1. The van der Waals surface area contributed by atoms with Gasteiger partial charge in [0.05, 0.1) is 0 Å². The van der Waals surface area contributed by atoms with E-state index in [0.717, 1.165) is 11.3 Å². The first kappa shape index (κ1) is 20.1. The van der Waals surface area contributed by atoms with E-state index < -0.39 is 0 Å². The topological polar surface area (TPSA) is 52.7 Å². The van der Waals surface area contributed by atoms with E-state index in [1.54, 1.807) is 29.2 Å². The maximum absolute atomic E-state index is 13.0. The number of anilines is 2. The van der Waals surface area contributed by atoms with E-state index in [1.807, 2.05) is 13.0 Å². The first-order valence-corrected chi connectivity index (χ1v) is 9.64. The van der Waals surface area contributed by atoms with Crippen molar-refractivity contribution in [3.05, 3.63) is 58.9 Å². The molecule has 0 aliphatic carbocycles. The van der Waals surface area contributed by atoms with Gasteiger partial charge in [0.25, 0.3) is 0 Å². The van der Waals surface area contributed by atoms with E-state index in [-0.39, 0.29) is 30.5 Å². The van der Waals surface area contributed by atoms with Crippen LogP contribution in [0.1, 0.15) is 18.4 Å². The molecule has 148 valence electrons. The number of carbonyl (C=O) groups is 2. The Hall–Kier alpha value is -2.60. The summed E-state index contributed by atoms with van der Waals surface area (Å²) in [5, 5.41) is 3.36. The molecule has 7 heteroatoms. The summed E-state index contributed by atoms with van der Waals surface area (Å²) in [6.07, 6.45) is 0.296. The van der Waals surface area contributed by atoms with Crippen LogP contribution in [0.4, 0.5) is 15.8 Å². The molecule has 2 aromatic rings. The molecule has 2 aromatic carbocycles. The standard InChI is InChI=1S/C21H23ClFN3O2/c1-15-2-5-17(14-19(15)22)24-20(27)8-9-21(28)26-12-10-25(11-13-26)18-6-3-16(23)4-7-18/h2-7,14H,8-13H2,1H3,(H,24,27). The van der Waals surface area contributed by atoms with Crippen molar-refractivity contribution in [2.75, 3.05) is 36.4 Å². The van der Waals surface area contributed by atoms with Gasteiger partial charge in [-0.15, -0.1) is 0 Å². The Labute approximate surface area is 169 Å². The lowest BCUT2D eigenvalue weighted by Crippen LogP contribution is -2.48. The summed E-state index contributed by atoms with van der Waals surface area (Å²) in [6.45, 7) is 4.44. The fraction of sp³-hybridized carbons (Fsp3) is 0.333.